The van der Waals surface area contributed by atoms with Gasteiger partial charge < -0.3 is 10.0 Å². The van der Waals surface area contributed by atoms with Gasteiger partial charge in [-0.15, -0.1) is 0 Å². The molecule has 0 amide bonds. The largest absolute Gasteiger partial charge is 0.393 e. The predicted octanol–water partition coefficient (Wildman–Crippen LogP) is 5.30. The summed E-state index contributed by atoms with van der Waals surface area (Å²) in [6, 6.07) is 0. The zero-order valence-electron chi connectivity index (χ0n) is 17.8. The van der Waals surface area contributed by atoms with E-state index >= 15 is 0 Å². The summed E-state index contributed by atoms with van der Waals surface area (Å²) >= 11 is 0. The molecule has 1 heterocycles. The van der Waals surface area contributed by atoms with Gasteiger partial charge in [-0.25, -0.2) is 0 Å². The van der Waals surface area contributed by atoms with Crippen LogP contribution in [-0.2, 0) is 0 Å². The third kappa shape index (κ3) is 2.54. The second kappa shape index (κ2) is 6.58. The van der Waals surface area contributed by atoms with E-state index in [9.17, 15) is 5.11 Å². The van der Waals surface area contributed by atoms with Crippen LogP contribution in [0, 0.1) is 34.5 Å². The maximum absolute atomic E-state index is 10.3. The van der Waals surface area contributed by atoms with Crippen molar-refractivity contribution in [2.45, 2.75) is 71.8 Å². The van der Waals surface area contributed by atoms with Gasteiger partial charge in [0, 0.05) is 23.5 Å². The molecule has 28 heavy (non-hydrogen) atoms. The minimum absolute atomic E-state index is 0.117. The second-order valence-corrected chi connectivity index (χ2v) is 10.4. The summed E-state index contributed by atoms with van der Waals surface area (Å²) in [5.74, 6) is 2.97. The van der Waals surface area contributed by atoms with Gasteiger partial charge in [0.25, 0.3) is 0 Å². The summed E-state index contributed by atoms with van der Waals surface area (Å²) in [5, 5.41) is 10.3. The lowest BCUT2D eigenvalue weighted by Crippen LogP contribution is -2.53. The molecule has 0 radical (unpaired) electrons. The van der Waals surface area contributed by atoms with Gasteiger partial charge in [-0.05, 0) is 80.1 Å². The van der Waals surface area contributed by atoms with Crippen LogP contribution < -0.4 is 0 Å². The highest BCUT2D eigenvalue weighted by Gasteiger charge is 2.59. The maximum Gasteiger partial charge on any atom is 0.113 e. The first-order valence-electron chi connectivity index (χ1n) is 11.5. The van der Waals surface area contributed by atoms with Crippen molar-refractivity contribution in [3.05, 3.63) is 35.7 Å². The van der Waals surface area contributed by atoms with Crippen LogP contribution >= 0.6 is 0 Å². The van der Waals surface area contributed by atoms with Crippen LogP contribution in [0.5, 0.6) is 0 Å². The molecule has 2 saturated carbocycles. The Balaban J connectivity index is 1.50. The third-order valence-electron chi connectivity index (χ3n) is 9.26. The van der Waals surface area contributed by atoms with Gasteiger partial charge in [-0.2, -0.15) is 0 Å². The lowest BCUT2D eigenvalue weighted by Gasteiger charge is -2.60. The van der Waals surface area contributed by atoms with Gasteiger partial charge in [-0.1, -0.05) is 38.5 Å². The van der Waals surface area contributed by atoms with E-state index in [0.29, 0.717) is 11.3 Å². The molecule has 0 aromatic rings. The van der Waals surface area contributed by atoms with E-state index < -0.39 is 0 Å². The van der Waals surface area contributed by atoms with Crippen molar-refractivity contribution < 1.29 is 5.11 Å². The van der Waals surface area contributed by atoms with E-state index in [1.165, 1.54) is 37.8 Å². The van der Waals surface area contributed by atoms with Crippen LogP contribution in [0.1, 0.15) is 65.7 Å². The number of hydrogen-bond donors (Lipinski definition) is 1. The zero-order valence-corrected chi connectivity index (χ0v) is 17.8. The van der Waals surface area contributed by atoms with Crippen molar-refractivity contribution in [3.8, 4) is 0 Å². The number of hydrogen-bond acceptors (Lipinski definition) is 3. The quantitative estimate of drug-likeness (QED) is 0.660. The maximum atomic E-state index is 10.3. The number of nitrogens with zero attached hydrogens (tertiary/aromatic N) is 2. The van der Waals surface area contributed by atoms with Crippen LogP contribution in [0.2, 0.25) is 0 Å². The Labute approximate surface area is 170 Å². The monoisotopic (exact) mass is 380 g/mol. The molecule has 3 heteroatoms. The Kier molecular flexibility index (Phi) is 4.39. The Bertz CT molecular complexity index is 765. The number of aliphatic hydroxyl groups excluding tert-OH is 1. The molecular weight excluding hydrogens is 344 g/mol. The van der Waals surface area contributed by atoms with E-state index in [1.807, 2.05) is 6.21 Å². The average molecular weight is 381 g/mol. The summed E-state index contributed by atoms with van der Waals surface area (Å²) in [6.45, 7) is 8.22. The smallest absolute Gasteiger partial charge is 0.113 e. The molecule has 0 bridgehead atoms. The van der Waals surface area contributed by atoms with Gasteiger partial charge in [-0.3, -0.25) is 4.99 Å². The zero-order chi connectivity index (χ0) is 19.5. The molecule has 3 nitrogen and oxygen atoms in total. The molecule has 4 aliphatic carbocycles. The molecular formula is C25H36N2O. The fourth-order valence-electron chi connectivity index (χ4n) is 7.73. The molecule has 2 fully saturated rings. The van der Waals surface area contributed by atoms with Crippen LogP contribution in [0.3, 0.4) is 0 Å². The van der Waals surface area contributed by atoms with E-state index in [4.69, 9.17) is 0 Å². The van der Waals surface area contributed by atoms with Gasteiger partial charge in [0.05, 0.1) is 6.10 Å². The van der Waals surface area contributed by atoms with E-state index in [2.05, 4.69) is 55.1 Å². The number of aliphatic imine (C=N–C) groups is 1. The molecule has 1 N–H and O–H groups in total. The number of aliphatic hydroxyl groups is 1. The van der Waals surface area contributed by atoms with Crippen molar-refractivity contribution in [1.29, 1.82) is 0 Å². The van der Waals surface area contributed by atoms with Gasteiger partial charge in [0.1, 0.15) is 6.67 Å². The predicted molar refractivity (Wildman–Crippen MR) is 115 cm³/mol. The van der Waals surface area contributed by atoms with Crippen LogP contribution in [0.15, 0.2) is 40.7 Å². The van der Waals surface area contributed by atoms with Crippen LogP contribution in [0.25, 0.3) is 0 Å². The highest BCUT2D eigenvalue weighted by molar-refractivity contribution is 5.71. The van der Waals surface area contributed by atoms with Crippen LogP contribution in [0.4, 0.5) is 0 Å². The molecule has 1 unspecified atom stereocenters. The molecule has 5 aliphatic rings. The Hall–Kier alpha value is -1.35. The number of rotatable bonds is 2. The topological polar surface area (TPSA) is 35.8 Å². The van der Waals surface area contributed by atoms with Gasteiger partial charge >= 0.3 is 0 Å². The van der Waals surface area contributed by atoms with Crippen molar-refractivity contribution in [1.82, 2.24) is 4.90 Å². The normalized spacial score (nSPS) is 47.1. The fraction of sp³-hybridized carbons (Fsp3) is 0.720. The Morgan fingerprint density at radius 3 is 2.75 bits per heavy atom. The van der Waals surface area contributed by atoms with E-state index in [-0.39, 0.29) is 11.5 Å². The summed E-state index contributed by atoms with van der Waals surface area (Å²) in [7, 11) is 0. The highest BCUT2D eigenvalue weighted by atomic mass is 16.3. The first-order chi connectivity index (χ1) is 13.5. The van der Waals surface area contributed by atoms with Crippen molar-refractivity contribution >= 4 is 6.21 Å². The van der Waals surface area contributed by atoms with Crippen molar-refractivity contribution in [3.63, 3.8) is 0 Å². The molecule has 7 atom stereocenters. The minimum atomic E-state index is -0.117. The lowest BCUT2D eigenvalue weighted by molar-refractivity contribution is -0.0561. The Morgan fingerprint density at radius 1 is 1.18 bits per heavy atom. The average Bonchev–Trinajstić information content (AvgIpc) is 3.06. The van der Waals surface area contributed by atoms with E-state index in [1.54, 1.807) is 5.57 Å². The number of allylic oxidation sites excluding steroid dienone is 4. The third-order valence-corrected chi connectivity index (χ3v) is 9.26. The molecule has 0 aromatic carbocycles. The van der Waals surface area contributed by atoms with Gasteiger partial charge in [0.15, 0.2) is 0 Å². The van der Waals surface area contributed by atoms with Crippen molar-refractivity contribution in [2.75, 3.05) is 6.67 Å². The second-order valence-electron chi connectivity index (χ2n) is 10.4. The van der Waals surface area contributed by atoms with Crippen LogP contribution in [-0.4, -0.2) is 29.0 Å². The molecule has 152 valence electrons. The molecule has 5 rings (SSSR count). The first kappa shape index (κ1) is 18.7. The lowest BCUT2D eigenvalue weighted by atomic mass is 9.45. The summed E-state index contributed by atoms with van der Waals surface area (Å²) in [6.07, 6.45) is 19.4. The molecule has 0 spiro atoms. The summed E-state index contributed by atoms with van der Waals surface area (Å²) in [4.78, 5) is 6.89. The summed E-state index contributed by atoms with van der Waals surface area (Å²) < 4.78 is 0. The fourth-order valence-corrected chi connectivity index (χ4v) is 7.73. The van der Waals surface area contributed by atoms with Gasteiger partial charge in [0.2, 0.25) is 0 Å². The highest BCUT2D eigenvalue weighted by Crippen LogP contribution is 2.66. The SMILES string of the molecule is CCC1C=C2C[C@@H](O)CC[C@]2(C)[C@H]2CC[C@]3(C)C(N4C=CC=NC4)=CC[C@H]3[C@H]12. The first-order valence-corrected chi connectivity index (χ1v) is 11.5. The van der Waals surface area contributed by atoms with Crippen molar-refractivity contribution in [2.24, 2.45) is 39.5 Å². The minimum Gasteiger partial charge on any atom is -0.393 e. The molecule has 0 aromatic heterocycles. The number of fused-ring (bicyclic) bond motifs is 5. The summed E-state index contributed by atoms with van der Waals surface area (Å²) in [5.41, 5.74) is 3.71. The molecule has 0 saturated heterocycles. The van der Waals surface area contributed by atoms with E-state index in [0.717, 1.165) is 37.3 Å². The standard InChI is InChI=1S/C25H36N2O/c1-4-17-14-18-15-19(28)8-10-24(18,2)21-9-11-25(3)20(23(17)21)6-7-22(25)27-13-5-12-26-16-27/h5,7,12-14,17,19-21,23,28H,4,6,8-11,15-16H2,1-3H3/t17?,19-,20-,21-,23-,24-,25-/m0/s1. The molecule has 1 aliphatic heterocycles. The Morgan fingerprint density at radius 2 is 2.00 bits per heavy atom.